The Morgan fingerprint density at radius 2 is 1.73 bits per heavy atom. The van der Waals surface area contributed by atoms with Gasteiger partial charge < -0.3 is 15.9 Å². The van der Waals surface area contributed by atoms with Gasteiger partial charge in [0.25, 0.3) is 0 Å². The summed E-state index contributed by atoms with van der Waals surface area (Å²) in [6, 6.07) is -0.699. The van der Waals surface area contributed by atoms with Gasteiger partial charge in [0, 0.05) is 6.42 Å². The molecule has 0 aromatic rings. The average molecular weight is 219 g/mol. The zero-order valence-corrected chi connectivity index (χ0v) is 9.56. The van der Waals surface area contributed by atoms with Crippen LogP contribution in [0.25, 0.3) is 0 Å². The van der Waals surface area contributed by atoms with Gasteiger partial charge in [0.1, 0.15) is 6.04 Å². The normalized spacial score (nSPS) is 13.3. The molecule has 0 unspecified atom stereocenters. The van der Waals surface area contributed by atoms with E-state index in [2.05, 4.69) is 0 Å². The largest absolute Gasteiger partial charge is 0.481 e. The fourth-order valence-electron chi connectivity index (χ4n) is 0.711. The topological polar surface area (TPSA) is 101 Å². The van der Waals surface area contributed by atoms with Crippen LogP contribution in [0.5, 0.6) is 0 Å². The molecule has 5 nitrogen and oxygen atoms in total. The summed E-state index contributed by atoms with van der Waals surface area (Å²) in [6.07, 6.45) is 1.84. The van der Waals surface area contributed by atoms with Crippen LogP contribution in [-0.4, -0.2) is 28.2 Å². The molecule has 0 heterocycles. The van der Waals surface area contributed by atoms with Crippen molar-refractivity contribution in [1.29, 1.82) is 0 Å². The molecule has 0 rings (SSSR count). The predicted molar refractivity (Wildman–Crippen MR) is 57.6 cm³/mol. The fraction of sp³-hybridized carbons (Fsp3) is 0.800. The maximum Gasteiger partial charge on any atom is 0.320 e. The maximum absolute atomic E-state index is 10.2. The van der Waals surface area contributed by atoms with E-state index in [1.54, 1.807) is 0 Å². The highest BCUT2D eigenvalue weighted by Crippen LogP contribution is 2.04. The van der Waals surface area contributed by atoms with E-state index in [1.807, 2.05) is 20.8 Å². The van der Waals surface area contributed by atoms with Crippen LogP contribution >= 0.6 is 0 Å². The Morgan fingerprint density at radius 3 is 1.80 bits per heavy atom. The second-order valence-corrected chi connectivity index (χ2v) is 3.39. The molecular formula is C10H21NO4. The summed E-state index contributed by atoms with van der Waals surface area (Å²) in [5, 5.41) is 16.3. The first-order valence-electron chi connectivity index (χ1n) is 5.06. The fourth-order valence-corrected chi connectivity index (χ4v) is 0.711. The highest BCUT2D eigenvalue weighted by Gasteiger charge is 2.17. The van der Waals surface area contributed by atoms with Crippen molar-refractivity contribution < 1.29 is 19.8 Å². The first-order chi connectivity index (χ1) is 6.86. The quantitative estimate of drug-likeness (QED) is 0.647. The summed E-state index contributed by atoms with van der Waals surface area (Å²) in [4.78, 5) is 19.8. The maximum atomic E-state index is 10.2. The lowest BCUT2D eigenvalue weighted by Gasteiger charge is -2.11. The van der Waals surface area contributed by atoms with E-state index in [-0.39, 0.29) is 5.92 Å². The number of carboxylic acids is 2. The minimum absolute atomic E-state index is 0.0718. The van der Waals surface area contributed by atoms with Crippen LogP contribution in [0.1, 0.15) is 40.0 Å². The van der Waals surface area contributed by atoms with E-state index < -0.39 is 18.0 Å². The Hall–Kier alpha value is -1.10. The Kier molecular flexibility index (Phi) is 10.3. The van der Waals surface area contributed by atoms with Crippen LogP contribution in [0, 0.1) is 5.92 Å². The molecule has 0 aliphatic heterocycles. The summed E-state index contributed by atoms with van der Waals surface area (Å²) >= 11 is 0. The van der Waals surface area contributed by atoms with Crippen molar-refractivity contribution in [3.8, 4) is 0 Å². The van der Waals surface area contributed by atoms with Crippen molar-refractivity contribution in [2.75, 3.05) is 0 Å². The summed E-state index contributed by atoms with van der Waals surface area (Å²) in [7, 11) is 0. The van der Waals surface area contributed by atoms with Crippen molar-refractivity contribution in [2.45, 2.75) is 46.1 Å². The first-order valence-corrected chi connectivity index (χ1v) is 5.06. The number of hydrogen-bond donors (Lipinski definition) is 3. The zero-order chi connectivity index (χ0) is 12.4. The average Bonchev–Trinajstić information content (AvgIpc) is 2.16. The SMILES string of the molecule is CCCC(=O)O.CC[C@H](C)[C@H](N)C(=O)O. The van der Waals surface area contributed by atoms with Crippen LogP contribution in [0.3, 0.4) is 0 Å². The van der Waals surface area contributed by atoms with Crippen molar-refractivity contribution >= 4 is 11.9 Å². The molecule has 0 saturated carbocycles. The molecular weight excluding hydrogens is 198 g/mol. The number of rotatable bonds is 5. The van der Waals surface area contributed by atoms with Crippen LogP contribution in [0.2, 0.25) is 0 Å². The van der Waals surface area contributed by atoms with Gasteiger partial charge in [-0.3, -0.25) is 9.59 Å². The van der Waals surface area contributed by atoms with Crippen LogP contribution < -0.4 is 5.73 Å². The van der Waals surface area contributed by atoms with Gasteiger partial charge in [-0.1, -0.05) is 27.2 Å². The predicted octanol–water partition coefficient (Wildman–Crippen LogP) is 1.32. The molecule has 0 amide bonds. The van der Waals surface area contributed by atoms with Gasteiger partial charge in [-0.25, -0.2) is 0 Å². The van der Waals surface area contributed by atoms with Crippen molar-refractivity contribution in [3.05, 3.63) is 0 Å². The van der Waals surface area contributed by atoms with Crippen molar-refractivity contribution in [2.24, 2.45) is 11.7 Å². The van der Waals surface area contributed by atoms with Crippen LogP contribution in [-0.2, 0) is 9.59 Å². The van der Waals surface area contributed by atoms with Crippen molar-refractivity contribution in [3.63, 3.8) is 0 Å². The van der Waals surface area contributed by atoms with Gasteiger partial charge >= 0.3 is 11.9 Å². The highest BCUT2D eigenvalue weighted by atomic mass is 16.4. The molecule has 5 heteroatoms. The molecule has 4 N–H and O–H groups in total. The van der Waals surface area contributed by atoms with E-state index in [9.17, 15) is 9.59 Å². The Morgan fingerprint density at radius 1 is 1.27 bits per heavy atom. The number of hydrogen-bond acceptors (Lipinski definition) is 3. The van der Waals surface area contributed by atoms with E-state index in [1.165, 1.54) is 0 Å². The lowest BCUT2D eigenvalue weighted by Crippen LogP contribution is -2.36. The first kappa shape index (κ1) is 16.3. The molecule has 90 valence electrons. The Bertz CT molecular complexity index is 194. The molecule has 0 aromatic carbocycles. The van der Waals surface area contributed by atoms with Crippen LogP contribution in [0.4, 0.5) is 0 Å². The second-order valence-electron chi connectivity index (χ2n) is 3.39. The van der Waals surface area contributed by atoms with Gasteiger partial charge in [0.2, 0.25) is 0 Å². The van der Waals surface area contributed by atoms with Crippen LogP contribution in [0.15, 0.2) is 0 Å². The van der Waals surface area contributed by atoms with Crippen molar-refractivity contribution in [1.82, 2.24) is 0 Å². The molecule has 0 aliphatic carbocycles. The van der Waals surface area contributed by atoms with Gasteiger partial charge in [0.15, 0.2) is 0 Å². The van der Waals surface area contributed by atoms with Gasteiger partial charge in [-0.05, 0) is 12.3 Å². The lowest BCUT2D eigenvalue weighted by molar-refractivity contribution is -0.140. The third kappa shape index (κ3) is 10.8. The minimum Gasteiger partial charge on any atom is -0.481 e. The minimum atomic E-state index is -0.913. The molecule has 2 atom stereocenters. The van der Waals surface area contributed by atoms with Gasteiger partial charge in [-0.15, -0.1) is 0 Å². The summed E-state index contributed by atoms with van der Waals surface area (Å²) in [6.45, 7) is 5.60. The third-order valence-corrected chi connectivity index (χ3v) is 2.01. The van der Waals surface area contributed by atoms with Gasteiger partial charge in [-0.2, -0.15) is 0 Å². The molecule has 0 bridgehead atoms. The van der Waals surface area contributed by atoms with E-state index in [0.717, 1.165) is 12.8 Å². The standard InChI is InChI=1S/C6H13NO2.C4H8O2/c1-3-4(2)5(7)6(8)9;1-2-3-4(5)6/h4-5H,3,7H2,1-2H3,(H,8,9);2-3H2,1H3,(H,5,6)/t4-,5-;/m0./s1. The summed E-state index contributed by atoms with van der Waals surface area (Å²) < 4.78 is 0. The molecule has 0 aromatic heterocycles. The Labute approximate surface area is 90.3 Å². The second kappa shape index (κ2) is 9.45. The summed E-state index contributed by atoms with van der Waals surface area (Å²) in [5.41, 5.74) is 5.27. The Balaban J connectivity index is 0. The molecule has 0 radical (unpaired) electrons. The molecule has 0 saturated heterocycles. The zero-order valence-electron chi connectivity index (χ0n) is 9.56. The molecule has 0 spiro atoms. The highest BCUT2D eigenvalue weighted by molar-refractivity contribution is 5.73. The van der Waals surface area contributed by atoms with E-state index >= 15 is 0 Å². The van der Waals surface area contributed by atoms with Gasteiger partial charge in [0.05, 0.1) is 0 Å². The summed E-state index contributed by atoms with van der Waals surface area (Å²) in [5.74, 6) is -1.55. The molecule has 15 heavy (non-hydrogen) atoms. The number of nitrogens with two attached hydrogens (primary N) is 1. The van der Waals surface area contributed by atoms with E-state index in [0.29, 0.717) is 6.42 Å². The third-order valence-electron chi connectivity index (χ3n) is 2.01. The number of carboxylic acid groups (broad SMARTS) is 2. The molecule has 0 fully saturated rings. The number of carbonyl (C=O) groups is 2. The lowest BCUT2D eigenvalue weighted by atomic mass is 10.0. The molecule has 0 aliphatic rings. The smallest absolute Gasteiger partial charge is 0.320 e. The van der Waals surface area contributed by atoms with E-state index in [4.69, 9.17) is 15.9 Å². The number of aliphatic carboxylic acids is 2. The monoisotopic (exact) mass is 219 g/mol.